The molecule has 0 amide bonds. The predicted octanol–water partition coefficient (Wildman–Crippen LogP) is 5.44. The number of piperazine rings is 1. The van der Waals surface area contributed by atoms with Crippen LogP contribution >= 0.6 is 11.6 Å². The molecule has 1 aromatic carbocycles. The topological polar surface area (TPSA) is 11.4 Å². The van der Waals surface area contributed by atoms with Gasteiger partial charge in [0.05, 0.1) is 0 Å². The first-order valence-corrected chi connectivity index (χ1v) is 10.8. The number of rotatable bonds is 8. The number of aromatic nitrogens is 1. The minimum absolute atomic E-state index is 0.800. The highest BCUT2D eigenvalue weighted by molar-refractivity contribution is 6.30. The minimum atomic E-state index is 0.800. The molecular formula is C23H34ClN3. The van der Waals surface area contributed by atoms with Crippen molar-refractivity contribution in [2.24, 2.45) is 0 Å². The Hall–Kier alpha value is -1.29. The van der Waals surface area contributed by atoms with Gasteiger partial charge < -0.3 is 9.47 Å². The predicted molar refractivity (Wildman–Crippen MR) is 117 cm³/mol. The van der Waals surface area contributed by atoms with Crippen LogP contribution in [0.3, 0.4) is 0 Å². The van der Waals surface area contributed by atoms with Crippen LogP contribution in [0.5, 0.6) is 0 Å². The van der Waals surface area contributed by atoms with Crippen LogP contribution in [-0.4, -0.2) is 47.6 Å². The van der Waals surface area contributed by atoms with Gasteiger partial charge in [0.2, 0.25) is 0 Å². The van der Waals surface area contributed by atoms with Crippen molar-refractivity contribution in [2.75, 3.05) is 33.2 Å². The lowest BCUT2D eigenvalue weighted by Crippen LogP contribution is -2.43. The highest BCUT2D eigenvalue weighted by atomic mass is 35.5. The number of likely N-dealkylation sites (N-methyl/N-ethyl adjacent to an activating group) is 1. The Morgan fingerprint density at radius 3 is 2.33 bits per heavy atom. The van der Waals surface area contributed by atoms with Crippen LogP contribution in [0.15, 0.2) is 30.3 Å². The summed E-state index contributed by atoms with van der Waals surface area (Å²) in [7, 11) is 2.22. The van der Waals surface area contributed by atoms with Gasteiger partial charge in [-0.2, -0.15) is 0 Å². The maximum atomic E-state index is 6.12. The highest BCUT2D eigenvalue weighted by Gasteiger charge is 2.18. The summed E-state index contributed by atoms with van der Waals surface area (Å²) < 4.78 is 2.53. The summed E-state index contributed by atoms with van der Waals surface area (Å²) in [6.07, 6.45) is 5.16. The van der Waals surface area contributed by atoms with Crippen molar-refractivity contribution in [1.82, 2.24) is 14.4 Å². The van der Waals surface area contributed by atoms with Crippen molar-refractivity contribution in [3.8, 4) is 11.3 Å². The summed E-state index contributed by atoms with van der Waals surface area (Å²) in [6, 6.07) is 10.7. The second kappa shape index (κ2) is 9.77. The van der Waals surface area contributed by atoms with Gasteiger partial charge >= 0.3 is 0 Å². The van der Waals surface area contributed by atoms with E-state index < -0.39 is 0 Å². The SMILES string of the molecule is CCCCCCn1c(-c2ccc(Cl)cc2)cc(CN2CCN(C)CC2)c1C. The van der Waals surface area contributed by atoms with E-state index in [4.69, 9.17) is 11.6 Å². The fourth-order valence-corrected chi connectivity index (χ4v) is 4.08. The molecule has 0 N–H and O–H groups in total. The molecule has 1 aliphatic heterocycles. The summed E-state index contributed by atoms with van der Waals surface area (Å²) in [5.41, 5.74) is 5.50. The molecule has 1 saturated heterocycles. The molecular weight excluding hydrogens is 354 g/mol. The van der Waals surface area contributed by atoms with E-state index in [1.54, 1.807) is 0 Å². The number of halogens is 1. The quantitative estimate of drug-likeness (QED) is 0.558. The van der Waals surface area contributed by atoms with Crippen molar-refractivity contribution < 1.29 is 0 Å². The summed E-state index contributed by atoms with van der Waals surface area (Å²) in [6.45, 7) is 11.4. The van der Waals surface area contributed by atoms with Gasteiger partial charge in [0, 0.05) is 55.7 Å². The molecule has 0 spiro atoms. The van der Waals surface area contributed by atoms with Crippen molar-refractivity contribution in [3.63, 3.8) is 0 Å². The third kappa shape index (κ3) is 5.37. The molecule has 0 radical (unpaired) electrons. The molecule has 4 heteroatoms. The van der Waals surface area contributed by atoms with Crippen molar-refractivity contribution in [1.29, 1.82) is 0 Å². The second-order valence-electron chi connectivity index (χ2n) is 7.94. The van der Waals surface area contributed by atoms with E-state index in [0.29, 0.717) is 0 Å². The number of hydrogen-bond acceptors (Lipinski definition) is 2. The zero-order valence-corrected chi connectivity index (χ0v) is 17.9. The third-order valence-corrected chi connectivity index (χ3v) is 6.09. The van der Waals surface area contributed by atoms with Crippen molar-refractivity contribution in [3.05, 3.63) is 46.6 Å². The van der Waals surface area contributed by atoms with E-state index in [1.807, 2.05) is 12.1 Å². The summed E-state index contributed by atoms with van der Waals surface area (Å²) in [4.78, 5) is 5.01. The molecule has 1 fully saturated rings. The van der Waals surface area contributed by atoms with Gasteiger partial charge in [0.15, 0.2) is 0 Å². The number of unbranched alkanes of at least 4 members (excludes halogenated alkanes) is 3. The average Bonchev–Trinajstić information content (AvgIpc) is 2.97. The third-order valence-electron chi connectivity index (χ3n) is 5.84. The molecule has 27 heavy (non-hydrogen) atoms. The number of hydrogen-bond donors (Lipinski definition) is 0. The molecule has 2 aromatic rings. The van der Waals surface area contributed by atoms with Gasteiger partial charge in [0.25, 0.3) is 0 Å². The Kier molecular flexibility index (Phi) is 7.40. The lowest BCUT2D eigenvalue weighted by atomic mass is 10.1. The fraction of sp³-hybridized carbons (Fsp3) is 0.565. The van der Waals surface area contributed by atoms with E-state index in [0.717, 1.165) is 31.2 Å². The molecule has 1 aromatic heterocycles. The van der Waals surface area contributed by atoms with E-state index >= 15 is 0 Å². The van der Waals surface area contributed by atoms with Gasteiger partial charge in [-0.1, -0.05) is 49.9 Å². The van der Waals surface area contributed by atoms with Crippen LogP contribution in [0.1, 0.15) is 43.9 Å². The van der Waals surface area contributed by atoms with Crippen LogP contribution in [0.4, 0.5) is 0 Å². The molecule has 3 rings (SSSR count). The van der Waals surface area contributed by atoms with Crippen molar-refractivity contribution in [2.45, 2.75) is 52.6 Å². The van der Waals surface area contributed by atoms with Gasteiger partial charge in [-0.3, -0.25) is 4.90 Å². The maximum Gasteiger partial charge on any atom is 0.0485 e. The Morgan fingerprint density at radius 1 is 0.963 bits per heavy atom. The standard InChI is InChI=1S/C23H34ClN3/c1-4-5-6-7-12-27-19(2)21(18-26-15-13-25(3)14-16-26)17-23(27)20-8-10-22(24)11-9-20/h8-11,17H,4-7,12-16,18H2,1-3H3. The van der Waals surface area contributed by atoms with E-state index in [2.05, 4.69) is 53.5 Å². The van der Waals surface area contributed by atoms with Crippen LogP contribution in [0, 0.1) is 6.92 Å². The lowest BCUT2D eigenvalue weighted by molar-refractivity contribution is 0.148. The highest BCUT2D eigenvalue weighted by Crippen LogP contribution is 2.29. The first-order valence-electron chi connectivity index (χ1n) is 10.4. The molecule has 0 bridgehead atoms. The van der Waals surface area contributed by atoms with Crippen LogP contribution in [-0.2, 0) is 13.1 Å². The zero-order chi connectivity index (χ0) is 19.2. The molecule has 2 heterocycles. The molecule has 0 unspecified atom stereocenters. The molecule has 1 aliphatic rings. The van der Waals surface area contributed by atoms with Crippen LogP contribution in [0.2, 0.25) is 5.02 Å². The van der Waals surface area contributed by atoms with Gasteiger partial charge in [0.1, 0.15) is 0 Å². The Labute approximate surface area is 169 Å². The average molecular weight is 388 g/mol. The minimum Gasteiger partial charge on any atom is -0.345 e. The monoisotopic (exact) mass is 387 g/mol. The Balaban J connectivity index is 1.82. The normalized spacial score (nSPS) is 16.1. The first kappa shape index (κ1) is 20.4. The smallest absolute Gasteiger partial charge is 0.0485 e. The molecule has 0 aliphatic carbocycles. The first-order chi connectivity index (χ1) is 13.1. The molecule has 0 atom stereocenters. The zero-order valence-electron chi connectivity index (χ0n) is 17.2. The van der Waals surface area contributed by atoms with Crippen LogP contribution < -0.4 is 0 Å². The molecule has 3 nitrogen and oxygen atoms in total. The Morgan fingerprint density at radius 2 is 1.67 bits per heavy atom. The molecule has 148 valence electrons. The van der Waals surface area contributed by atoms with Crippen LogP contribution in [0.25, 0.3) is 11.3 Å². The summed E-state index contributed by atoms with van der Waals surface area (Å²) in [5.74, 6) is 0. The molecule has 0 saturated carbocycles. The van der Waals surface area contributed by atoms with Crippen molar-refractivity contribution >= 4 is 11.6 Å². The second-order valence-corrected chi connectivity index (χ2v) is 8.38. The fourth-order valence-electron chi connectivity index (χ4n) is 3.95. The van der Waals surface area contributed by atoms with E-state index in [-0.39, 0.29) is 0 Å². The number of nitrogens with zero attached hydrogens (tertiary/aromatic N) is 3. The largest absolute Gasteiger partial charge is 0.345 e. The van der Waals surface area contributed by atoms with Gasteiger partial charge in [-0.05, 0) is 49.7 Å². The van der Waals surface area contributed by atoms with E-state index in [1.165, 1.54) is 61.3 Å². The van der Waals surface area contributed by atoms with Gasteiger partial charge in [-0.15, -0.1) is 0 Å². The summed E-state index contributed by atoms with van der Waals surface area (Å²) in [5, 5.41) is 0.800. The lowest BCUT2D eigenvalue weighted by Gasteiger charge is -2.32. The number of benzene rings is 1. The van der Waals surface area contributed by atoms with Gasteiger partial charge in [-0.25, -0.2) is 0 Å². The Bertz CT molecular complexity index is 712. The van der Waals surface area contributed by atoms with E-state index in [9.17, 15) is 0 Å². The summed E-state index contributed by atoms with van der Waals surface area (Å²) >= 11 is 6.12. The maximum absolute atomic E-state index is 6.12.